The van der Waals surface area contributed by atoms with E-state index < -0.39 is 0 Å². The highest BCUT2D eigenvalue weighted by molar-refractivity contribution is 7.14. The molecule has 0 radical (unpaired) electrons. The van der Waals surface area contributed by atoms with Gasteiger partial charge in [-0.3, -0.25) is 0 Å². The molecule has 0 spiro atoms. The summed E-state index contributed by atoms with van der Waals surface area (Å²) >= 11 is 7.27. The molecule has 6 heteroatoms. The molecule has 19 heavy (non-hydrogen) atoms. The Morgan fingerprint density at radius 1 is 1.37 bits per heavy atom. The lowest BCUT2D eigenvalue weighted by Gasteiger charge is -2.05. The highest BCUT2D eigenvalue weighted by Gasteiger charge is 2.11. The van der Waals surface area contributed by atoms with Crippen LogP contribution >= 0.6 is 22.9 Å². The van der Waals surface area contributed by atoms with Gasteiger partial charge in [0.25, 0.3) is 0 Å². The van der Waals surface area contributed by atoms with Crippen molar-refractivity contribution in [2.24, 2.45) is 0 Å². The molecule has 2 aromatic rings. The quantitative estimate of drug-likeness (QED) is 0.917. The zero-order valence-electron chi connectivity index (χ0n) is 10.8. The van der Waals surface area contributed by atoms with E-state index in [-0.39, 0.29) is 5.82 Å². The summed E-state index contributed by atoms with van der Waals surface area (Å²) in [6.45, 7) is 5.02. The minimum absolute atomic E-state index is 0.326. The van der Waals surface area contributed by atoms with Crippen LogP contribution in [0, 0.1) is 5.82 Å². The fraction of sp³-hybridized carbons (Fsp3) is 0.385. The zero-order valence-corrected chi connectivity index (χ0v) is 12.4. The van der Waals surface area contributed by atoms with E-state index in [1.165, 1.54) is 23.5 Å². The van der Waals surface area contributed by atoms with E-state index >= 15 is 0 Å². The first kappa shape index (κ1) is 14.4. The number of nitrogens with zero attached hydrogens (tertiary/aromatic N) is 2. The number of nitrogens with one attached hydrogen (secondary N) is 1. The van der Waals surface area contributed by atoms with Crippen molar-refractivity contribution in [2.75, 3.05) is 6.54 Å². The Bertz CT molecular complexity index is 557. The molecule has 0 bridgehead atoms. The molecule has 0 fully saturated rings. The van der Waals surface area contributed by atoms with E-state index in [0.717, 1.165) is 18.0 Å². The van der Waals surface area contributed by atoms with Gasteiger partial charge < -0.3 is 5.32 Å². The minimum Gasteiger partial charge on any atom is -0.314 e. The Hall–Kier alpha value is -1.04. The zero-order chi connectivity index (χ0) is 13.8. The van der Waals surface area contributed by atoms with Gasteiger partial charge >= 0.3 is 0 Å². The smallest absolute Gasteiger partial charge is 0.150 e. The van der Waals surface area contributed by atoms with Crippen molar-refractivity contribution in [3.8, 4) is 10.6 Å². The average molecular weight is 300 g/mol. The van der Waals surface area contributed by atoms with Crippen LogP contribution in [-0.2, 0) is 6.42 Å². The molecule has 0 unspecified atom stereocenters. The Morgan fingerprint density at radius 3 is 2.89 bits per heavy atom. The molecule has 1 N–H and O–H groups in total. The summed E-state index contributed by atoms with van der Waals surface area (Å²) in [6.07, 6.45) is 0.790. The third-order valence-corrected chi connectivity index (χ3v) is 3.77. The lowest BCUT2D eigenvalue weighted by molar-refractivity contribution is 0.588. The molecule has 1 heterocycles. The van der Waals surface area contributed by atoms with E-state index in [9.17, 15) is 4.39 Å². The van der Waals surface area contributed by atoms with E-state index in [1.807, 2.05) is 0 Å². The van der Waals surface area contributed by atoms with Gasteiger partial charge in [0.15, 0.2) is 5.01 Å². The summed E-state index contributed by atoms with van der Waals surface area (Å²) < 4.78 is 13.7. The molecule has 1 aromatic heterocycles. The molecule has 0 atom stereocenters. The van der Waals surface area contributed by atoms with E-state index in [2.05, 4.69) is 29.4 Å². The van der Waals surface area contributed by atoms with Crippen LogP contribution in [0.4, 0.5) is 4.39 Å². The van der Waals surface area contributed by atoms with Gasteiger partial charge in [-0.1, -0.05) is 36.8 Å². The average Bonchev–Trinajstić information content (AvgIpc) is 2.80. The maximum absolute atomic E-state index is 13.7. The van der Waals surface area contributed by atoms with Crippen LogP contribution in [0.25, 0.3) is 10.6 Å². The fourth-order valence-electron chi connectivity index (χ4n) is 1.59. The van der Waals surface area contributed by atoms with Gasteiger partial charge in [-0.05, 0) is 18.2 Å². The molecular weight excluding hydrogens is 285 g/mol. The third-order valence-electron chi connectivity index (χ3n) is 2.52. The number of halogens is 2. The number of hydrogen-bond donors (Lipinski definition) is 1. The van der Waals surface area contributed by atoms with Gasteiger partial charge in [-0.2, -0.15) is 0 Å². The topological polar surface area (TPSA) is 37.8 Å². The summed E-state index contributed by atoms with van der Waals surface area (Å²) in [4.78, 5) is 0. The molecule has 3 nitrogen and oxygen atoms in total. The van der Waals surface area contributed by atoms with Gasteiger partial charge in [-0.25, -0.2) is 4.39 Å². The third kappa shape index (κ3) is 3.96. The number of hydrogen-bond acceptors (Lipinski definition) is 4. The van der Waals surface area contributed by atoms with E-state index in [4.69, 9.17) is 11.6 Å². The molecule has 0 aliphatic carbocycles. The first-order valence-electron chi connectivity index (χ1n) is 6.07. The largest absolute Gasteiger partial charge is 0.314 e. The van der Waals surface area contributed by atoms with Crippen LogP contribution in [-0.4, -0.2) is 22.8 Å². The highest BCUT2D eigenvalue weighted by atomic mass is 35.5. The summed E-state index contributed by atoms with van der Waals surface area (Å²) in [5.74, 6) is -0.326. The highest BCUT2D eigenvalue weighted by Crippen LogP contribution is 2.28. The van der Waals surface area contributed by atoms with Gasteiger partial charge in [-0.15, -0.1) is 10.2 Å². The Morgan fingerprint density at radius 2 is 2.16 bits per heavy atom. The van der Waals surface area contributed by atoms with Gasteiger partial charge in [0, 0.05) is 29.6 Å². The molecule has 0 saturated heterocycles. The Labute approximate surface area is 120 Å². The van der Waals surface area contributed by atoms with Crippen molar-refractivity contribution < 1.29 is 4.39 Å². The summed E-state index contributed by atoms with van der Waals surface area (Å²) in [7, 11) is 0. The second-order valence-corrected chi connectivity index (χ2v) is 5.98. The first-order chi connectivity index (χ1) is 9.06. The second-order valence-electron chi connectivity index (χ2n) is 4.48. The molecule has 102 valence electrons. The van der Waals surface area contributed by atoms with Crippen molar-refractivity contribution in [1.29, 1.82) is 0 Å². The van der Waals surface area contributed by atoms with E-state index in [1.54, 1.807) is 6.07 Å². The minimum atomic E-state index is -0.326. The van der Waals surface area contributed by atoms with Crippen LogP contribution in [0.15, 0.2) is 18.2 Å². The molecular formula is C13H15ClFN3S. The first-order valence-corrected chi connectivity index (χ1v) is 7.27. The Kier molecular flexibility index (Phi) is 4.85. The van der Waals surface area contributed by atoms with Crippen molar-refractivity contribution in [1.82, 2.24) is 15.5 Å². The molecule has 0 amide bonds. The van der Waals surface area contributed by atoms with Crippen molar-refractivity contribution >= 4 is 22.9 Å². The van der Waals surface area contributed by atoms with Crippen molar-refractivity contribution in [2.45, 2.75) is 26.3 Å². The monoisotopic (exact) mass is 299 g/mol. The Balaban J connectivity index is 2.10. The number of rotatable bonds is 5. The number of aromatic nitrogens is 2. The van der Waals surface area contributed by atoms with Crippen LogP contribution < -0.4 is 5.32 Å². The second kappa shape index (κ2) is 6.41. The van der Waals surface area contributed by atoms with E-state index in [0.29, 0.717) is 21.6 Å². The van der Waals surface area contributed by atoms with Crippen LogP contribution in [0.3, 0.4) is 0 Å². The van der Waals surface area contributed by atoms with Crippen LogP contribution in [0.1, 0.15) is 18.9 Å². The molecule has 0 aliphatic heterocycles. The normalized spacial score (nSPS) is 11.2. The molecule has 0 saturated carbocycles. The maximum Gasteiger partial charge on any atom is 0.150 e. The number of benzene rings is 1. The predicted octanol–water partition coefficient (Wildman–Crippen LogP) is 3.54. The summed E-state index contributed by atoms with van der Waals surface area (Å²) in [6, 6.07) is 4.89. The molecule has 1 aromatic carbocycles. The van der Waals surface area contributed by atoms with Crippen molar-refractivity contribution in [3.63, 3.8) is 0 Å². The van der Waals surface area contributed by atoms with Gasteiger partial charge in [0.2, 0.25) is 0 Å². The predicted molar refractivity (Wildman–Crippen MR) is 77.2 cm³/mol. The van der Waals surface area contributed by atoms with Gasteiger partial charge in [0.05, 0.1) is 0 Å². The van der Waals surface area contributed by atoms with Crippen molar-refractivity contribution in [3.05, 3.63) is 34.0 Å². The van der Waals surface area contributed by atoms with Crippen LogP contribution in [0.5, 0.6) is 0 Å². The maximum atomic E-state index is 13.7. The SMILES string of the molecule is CC(C)NCCc1nnc(-c2cc(Cl)ccc2F)s1. The molecule has 2 rings (SSSR count). The lowest BCUT2D eigenvalue weighted by Crippen LogP contribution is -2.24. The fourth-order valence-corrected chi connectivity index (χ4v) is 2.62. The summed E-state index contributed by atoms with van der Waals surface area (Å²) in [5, 5.41) is 13.4. The van der Waals surface area contributed by atoms with Gasteiger partial charge in [0.1, 0.15) is 10.8 Å². The van der Waals surface area contributed by atoms with Crippen LogP contribution in [0.2, 0.25) is 5.02 Å². The standard InChI is InChI=1S/C13H15ClFN3S/c1-8(2)16-6-5-12-17-18-13(19-12)10-7-9(14)3-4-11(10)15/h3-4,7-8,16H,5-6H2,1-2H3. The summed E-state index contributed by atoms with van der Waals surface area (Å²) in [5.41, 5.74) is 0.410. The lowest BCUT2D eigenvalue weighted by atomic mass is 10.2. The molecule has 0 aliphatic rings.